The van der Waals surface area contributed by atoms with Crippen molar-refractivity contribution in [1.82, 2.24) is 24.6 Å². The number of nitrogens with one attached hydrogen (secondary N) is 1. The molecule has 6 heteroatoms. The Morgan fingerprint density at radius 2 is 1.92 bits per heavy atom. The van der Waals surface area contributed by atoms with E-state index in [1.54, 1.807) is 0 Å². The number of fused-ring (bicyclic) bond motifs is 2. The maximum atomic E-state index is 4.72. The molecule has 1 aliphatic rings. The fourth-order valence-electron chi connectivity index (χ4n) is 3.59. The van der Waals surface area contributed by atoms with Gasteiger partial charge in [-0.3, -0.25) is 4.40 Å². The summed E-state index contributed by atoms with van der Waals surface area (Å²) in [6, 6.07) is 6.01. The molecule has 0 saturated heterocycles. The SMILES string of the molecule is Cc1nc2c(c(NC(c3nnc4ccccn34)C(C)C)n1)CCCC2. The molecule has 1 aliphatic carbocycles. The van der Waals surface area contributed by atoms with Gasteiger partial charge in [-0.15, -0.1) is 10.2 Å². The Morgan fingerprint density at radius 3 is 2.76 bits per heavy atom. The Kier molecular flexibility index (Phi) is 4.11. The average molecular weight is 336 g/mol. The lowest BCUT2D eigenvalue weighted by Crippen LogP contribution is -2.23. The van der Waals surface area contributed by atoms with Crippen LogP contribution in [-0.2, 0) is 12.8 Å². The van der Waals surface area contributed by atoms with Crippen LogP contribution in [0.2, 0.25) is 0 Å². The van der Waals surface area contributed by atoms with E-state index in [4.69, 9.17) is 4.98 Å². The van der Waals surface area contributed by atoms with Gasteiger partial charge in [-0.25, -0.2) is 9.97 Å². The van der Waals surface area contributed by atoms with Gasteiger partial charge in [0.25, 0.3) is 0 Å². The van der Waals surface area contributed by atoms with Crippen molar-refractivity contribution in [1.29, 1.82) is 0 Å². The van der Waals surface area contributed by atoms with Crippen LogP contribution in [0.5, 0.6) is 0 Å². The smallest absolute Gasteiger partial charge is 0.160 e. The summed E-state index contributed by atoms with van der Waals surface area (Å²) in [6.45, 7) is 6.36. The lowest BCUT2D eigenvalue weighted by atomic mass is 9.95. The summed E-state index contributed by atoms with van der Waals surface area (Å²) in [5.74, 6) is 3.07. The summed E-state index contributed by atoms with van der Waals surface area (Å²) in [6.07, 6.45) is 6.53. The van der Waals surface area contributed by atoms with Crippen molar-refractivity contribution in [2.24, 2.45) is 5.92 Å². The Balaban J connectivity index is 1.75. The summed E-state index contributed by atoms with van der Waals surface area (Å²) >= 11 is 0. The first kappa shape index (κ1) is 16.0. The van der Waals surface area contributed by atoms with Crippen molar-refractivity contribution < 1.29 is 0 Å². The highest BCUT2D eigenvalue weighted by molar-refractivity contribution is 5.49. The van der Waals surface area contributed by atoms with Crippen LogP contribution in [0.15, 0.2) is 24.4 Å². The lowest BCUT2D eigenvalue weighted by Gasteiger charge is -2.25. The Bertz CT molecular complexity index is 898. The van der Waals surface area contributed by atoms with E-state index in [9.17, 15) is 0 Å². The molecule has 0 aromatic carbocycles. The summed E-state index contributed by atoms with van der Waals surface area (Å²) in [4.78, 5) is 9.37. The van der Waals surface area contributed by atoms with Crippen molar-refractivity contribution >= 4 is 11.5 Å². The van der Waals surface area contributed by atoms with E-state index < -0.39 is 0 Å². The van der Waals surface area contributed by atoms with E-state index in [2.05, 4.69) is 38.7 Å². The van der Waals surface area contributed by atoms with Crippen LogP contribution in [0, 0.1) is 12.8 Å². The summed E-state index contributed by atoms with van der Waals surface area (Å²) < 4.78 is 2.05. The quantitative estimate of drug-likeness (QED) is 0.789. The van der Waals surface area contributed by atoms with E-state index in [-0.39, 0.29) is 6.04 Å². The Morgan fingerprint density at radius 1 is 1.08 bits per heavy atom. The van der Waals surface area contributed by atoms with Gasteiger partial charge in [0.05, 0.1) is 6.04 Å². The molecule has 1 unspecified atom stereocenters. The molecule has 0 spiro atoms. The van der Waals surface area contributed by atoms with E-state index in [0.29, 0.717) is 5.92 Å². The number of hydrogen-bond acceptors (Lipinski definition) is 5. The van der Waals surface area contributed by atoms with Gasteiger partial charge in [0, 0.05) is 17.5 Å². The second-order valence-electron chi connectivity index (χ2n) is 7.10. The fourth-order valence-corrected chi connectivity index (χ4v) is 3.59. The molecule has 3 aromatic rings. The first-order chi connectivity index (χ1) is 12.1. The van der Waals surface area contributed by atoms with Crippen molar-refractivity contribution in [2.45, 2.75) is 52.5 Å². The topological polar surface area (TPSA) is 68.0 Å². The van der Waals surface area contributed by atoms with Gasteiger partial charge in [-0.05, 0) is 50.7 Å². The molecule has 0 saturated carbocycles. The number of pyridine rings is 1. The minimum atomic E-state index is 0.0396. The normalized spacial score (nSPS) is 15.4. The van der Waals surface area contributed by atoms with Gasteiger partial charge in [0.15, 0.2) is 11.5 Å². The highest BCUT2D eigenvalue weighted by Crippen LogP contribution is 2.30. The molecule has 130 valence electrons. The zero-order valence-corrected chi connectivity index (χ0v) is 15.0. The van der Waals surface area contributed by atoms with Gasteiger partial charge in [-0.1, -0.05) is 19.9 Å². The number of aromatic nitrogens is 5. The highest BCUT2D eigenvalue weighted by atomic mass is 15.3. The number of anilines is 1. The molecule has 0 amide bonds. The van der Waals surface area contributed by atoms with Gasteiger partial charge in [0.1, 0.15) is 11.6 Å². The van der Waals surface area contributed by atoms with E-state index in [1.807, 2.05) is 31.3 Å². The fraction of sp³-hybridized carbons (Fsp3) is 0.474. The molecule has 3 heterocycles. The van der Waals surface area contributed by atoms with Gasteiger partial charge in [0.2, 0.25) is 0 Å². The standard InChI is InChI=1S/C19H24N6/c1-12(2)17(19-24-23-16-10-6-7-11-25(16)19)22-18-14-8-4-5-9-15(14)20-13(3)21-18/h6-7,10-12,17H,4-5,8-9H2,1-3H3,(H,20,21,22). The largest absolute Gasteiger partial charge is 0.359 e. The molecule has 0 radical (unpaired) electrons. The van der Waals surface area contributed by atoms with Crippen molar-refractivity contribution in [2.75, 3.05) is 5.32 Å². The molecule has 0 fully saturated rings. The second kappa shape index (κ2) is 6.43. The van der Waals surface area contributed by atoms with Crippen LogP contribution >= 0.6 is 0 Å². The number of nitrogens with zero attached hydrogens (tertiary/aromatic N) is 5. The third kappa shape index (κ3) is 2.97. The van der Waals surface area contributed by atoms with Crippen molar-refractivity contribution in [3.63, 3.8) is 0 Å². The molecule has 1 atom stereocenters. The van der Waals surface area contributed by atoms with Crippen molar-refractivity contribution in [3.05, 3.63) is 47.3 Å². The van der Waals surface area contributed by atoms with Gasteiger partial charge in [-0.2, -0.15) is 0 Å². The molecule has 0 bridgehead atoms. The molecular formula is C19H24N6. The molecular weight excluding hydrogens is 312 g/mol. The summed E-state index contributed by atoms with van der Waals surface area (Å²) in [5.41, 5.74) is 3.34. The van der Waals surface area contributed by atoms with Gasteiger partial charge < -0.3 is 5.32 Å². The Labute approximate surface area is 147 Å². The zero-order chi connectivity index (χ0) is 17.4. The number of hydrogen-bond donors (Lipinski definition) is 1. The van der Waals surface area contributed by atoms with Crippen LogP contribution in [0.25, 0.3) is 5.65 Å². The van der Waals surface area contributed by atoms with Crippen LogP contribution in [-0.4, -0.2) is 24.6 Å². The van der Waals surface area contributed by atoms with Crippen LogP contribution in [0.4, 0.5) is 5.82 Å². The first-order valence-corrected chi connectivity index (χ1v) is 9.06. The third-order valence-corrected chi connectivity index (χ3v) is 4.87. The molecule has 1 N–H and O–H groups in total. The second-order valence-corrected chi connectivity index (χ2v) is 7.10. The monoisotopic (exact) mass is 336 g/mol. The molecule has 4 rings (SSSR count). The maximum Gasteiger partial charge on any atom is 0.160 e. The van der Waals surface area contributed by atoms with E-state index in [0.717, 1.165) is 36.0 Å². The first-order valence-electron chi connectivity index (χ1n) is 9.06. The van der Waals surface area contributed by atoms with Crippen LogP contribution < -0.4 is 5.32 Å². The van der Waals surface area contributed by atoms with E-state index >= 15 is 0 Å². The molecule has 3 aromatic heterocycles. The minimum Gasteiger partial charge on any atom is -0.359 e. The maximum absolute atomic E-state index is 4.72. The average Bonchev–Trinajstić information content (AvgIpc) is 3.03. The van der Waals surface area contributed by atoms with Gasteiger partial charge >= 0.3 is 0 Å². The van der Waals surface area contributed by atoms with Crippen molar-refractivity contribution in [3.8, 4) is 0 Å². The van der Waals surface area contributed by atoms with E-state index in [1.165, 1.54) is 24.1 Å². The third-order valence-electron chi connectivity index (χ3n) is 4.87. The summed E-state index contributed by atoms with van der Waals surface area (Å²) in [7, 11) is 0. The number of aryl methyl sites for hydroxylation is 2. The predicted octanol–water partition coefficient (Wildman–Crippen LogP) is 3.52. The lowest BCUT2D eigenvalue weighted by molar-refractivity contribution is 0.514. The summed E-state index contributed by atoms with van der Waals surface area (Å²) in [5, 5.41) is 12.4. The predicted molar refractivity (Wildman–Crippen MR) is 97.6 cm³/mol. The van der Waals surface area contributed by atoms with Crippen LogP contribution in [0.3, 0.4) is 0 Å². The zero-order valence-electron chi connectivity index (χ0n) is 15.0. The van der Waals surface area contributed by atoms with Crippen LogP contribution in [0.1, 0.15) is 55.6 Å². The Hall–Kier alpha value is -2.50. The molecule has 25 heavy (non-hydrogen) atoms. The highest BCUT2D eigenvalue weighted by Gasteiger charge is 2.25. The molecule has 6 nitrogen and oxygen atoms in total. The number of rotatable bonds is 4. The minimum absolute atomic E-state index is 0.0396. The molecule has 0 aliphatic heterocycles.